The van der Waals surface area contributed by atoms with Gasteiger partial charge in [-0.2, -0.15) is 0 Å². The number of hydrogen-bond donors (Lipinski definition) is 0. The molecule has 3 amide bonds. The van der Waals surface area contributed by atoms with Crippen LogP contribution in [0.2, 0.25) is 0 Å². The van der Waals surface area contributed by atoms with Crippen LogP contribution >= 0.6 is 0 Å². The van der Waals surface area contributed by atoms with E-state index in [9.17, 15) is 23.6 Å². The van der Waals surface area contributed by atoms with E-state index in [4.69, 9.17) is 4.74 Å². The van der Waals surface area contributed by atoms with Gasteiger partial charge < -0.3 is 14.5 Å². The number of rotatable bonds is 7. The van der Waals surface area contributed by atoms with Gasteiger partial charge >= 0.3 is 0 Å². The molecule has 36 heavy (non-hydrogen) atoms. The number of nitrogens with zero attached hydrogens (tertiary/aromatic N) is 3. The van der Waals surface area contributed by atoms with Crippen LogP contribution in [0, 0.1) is 5.82 Å². The van der Waals surface area contributed by atoms with Crippen molar-refractivity contribution in [2.24, 2.45) is 0 Å². The fourth-order valence-corrected chi connectivity index (χ4v) is 5.09. The molecule has 0 aliphatic carbocycles. The summed E-state index contributed by atoms with van der Waals surface area (Å²) >= 11 is 0. The minimum Gasteiger partial charge on any atom is -0.376 e. The molecule has 5 rings (SSSR count). The molecule has 3 aliphatic rings. The van der Waals surface area contributed by atoms with E-state index in [2.05, 4.69) is 0 Å². The van der Waals surface area contributed by atoms with Crippen molar-refractivity contribution in [2.75, 3.05) is 44.2 Å². The number of benzene rings is 2. The first kappa shape index (κ1) is 24.1. The summed E-state index contributed by atoms with van der Waals surface area (Å²) < 4.78 is 18.7. The SMILES string of the molecule is O=C(CCC(=O)N1CCN(c2cccc3c2C(=O)N(CC2CCCO2)C3=O)CC1)c1ccc(F)cc1. The van der Waals surface area contributed by atoms with Gasteiger partial charge in [-0.3, -0.25) is 24.1 Å². The van der Waals surface area contributed by atoms with Crippen LogP contribution in [0.5, 0.6) is 0 Å². The third-order valence-electron chi connectivity index (χ3n) is 7.09. The number of hydrogen-bond acceptors (Lipinski definition) is 6. The number of fused-ring (bicyclic) bond motifs is 1. The maximum absolute atomic E-state index is 13.2. The Morgan fingerprint density at radius 2 is 1.69 bits per heavy atom. The molecule has 0 spiro atoms. The van der Waals surface area contributed by atoms with E-state index in [1.807, 2.05) is 11.0 Å². The molecule has 0 aromatic heterocycles. The number of amides is 3. The van der Waals surface area contributed by atoms with Gasteiger partial charge in [0.25, 0.3) is 11.8 Å². The lowest BCUT2D eigenvalue weighted by Gasteiger charge is -2.36. The van der Waals surface area contributed by atoms with Crippen LogP contribution in [0.1, 0.15) is 56.8 Å². The number of anilines is 1. The number of piperazine rings is 1. The predicted octanol–water partition coefficient (Wildman–Crippen LogP) is 2.91. The molecule has 0 saturated carbocycles. The summed E-state index contributed by atoms with van der Waals surface area (Å²) in [4.78, 5) is 56.2. The van der Waals surface area contributed by atoms with Gasteiger partial charge in [0, 0.05) is 51.2 Å². The van der Waals surface area contributed by atoms with Gasteiger partial charge in [0.05, 0.1) is 29.5 Å². The van der Waals surface area contributed by atoms with Gasteiger partial charge in [-0.25, -0.2) is 4.39 Å². The molecule has 2 aromatic rings. The van der Waals surface area contributed by atoms with Gasteiger partial charge in [0.2, 0.25) is 5.91 Å². The van der Waals surface area contributed by atoms with E-state index in [0.717, 1.165) is 12.8 Å². The van der Waals surface area contributed by atoms with Gasteiger partial charge in [0.15, 0.2) is 5.78 Å². The Balaban J connectivity index is 1.19. The molecule has 8 nitrogen and oxygen atoms in total. The van der Waals surface area contributed by atoms with Crippen LogP contribution in [0.25, 0.3) is 0 Å². The molecular weight excluding hydrogens is 465 g/mol. The van der Waals surface area contributed by atoms with Crippen molar-refractivity contribution >= 4 is 29.2 Å². The highest BCUT2D eigenvalue weighted by atomic mass is 19.1. The lowest BCUT2D eigenvalue weighted by Crippen LogP contribution is -2.49. The number of carbonyl (C=O) groups is 4. The maximum atomic E-state index is 13.2. The summed E-state index contributed by atoms with van der Waals surface area (Å²) in [6.07, 6.45) is 1.81. The van der Waals surface area contributed by atoms with E-state index >= 15 is 0 Å². The van der Waals surface area contributed by atoms with Crippen molar-refractivity contribution < 1.29 is 28.3 Å². The van der Waals surface area contributed by atoms with Crippen molar-refractivity contribution in [2.45, 2.75) is 31.8 Å². The Morgan fingerprint density at radius 1 is 0.944 bits per heavy atom. The van der Waals surface area contributed by atoms with Gasteiger partial charge in [-0.1, -0.05) is 6.07 Å². The highest BCUT2D eigenvalue weighted by Crippen LogP contribution is 2.33. The lowest BCUT2D eigenvalue weighted by atomic mass is 10.1. The normalized spacial score (nSPS) is 19.7. The first-order valence-electron chi connectivity index (χ1n) is 12.3. The molecule has 0 bridgehead atoms. The number of halogens is 1. The van der Waals surface area contributed by atoms with E-state index in [0.29, 0.717) is 55.2 Å². The molecule has 2 aromatic carbocycles. The average molecular weight is 494 g/mol. The largest absolute Gasteiger partial charge is 0.376 e. The number of ether oxygens (including phenoxy) is 1. The van der Waals surface area contributed by atoms with Crippen molar-refractivity contribution in [3.63, 3.8) is 0 Å². The van der Waals surface area contributed by atoms with E-state index < -0.39 is 5.82 Å². The third kappa shape index (κ3) is 4.75. The van der Waals surface area contributed by atoms with Crippen LogP contribution in [0.3, 0.4) is 0 Å². The molecule has 1 unspecified atom stereocenters. The van der Waals surface area contributed by atoms with Gasteiger partial charge in [-0.15, -0.1) is 0 Å². The zero-order valence-electron chi connectivity index (χ0n) is 20.0. The lowest BCUT2D eigenvalue weighted by molar-refractivity contribution is -0.131. The van der Waals surface area contributed by atoms with Crippen molar-refractivity contribution in [3.05, 3.63) is 65.0 Å². The molecule has 9 heteroatoms. The molecule has 0 radical (unpaired) electrons. The summed E-state index contributed by atoms with van der Waals surface area (Å²) in [5, 5.41) is 0. The summed E-state index contributed by atoms with van der Waals surface area (Å²) in [6.45, 7) is 2.86. The Morgan fingerprint density at radius 3 is 2.39 bits per heavy atom. The number of carbonyl (C=O) groups excluding carboxylic acids is 4. The summed E-state index contributed by atoms with van der Waals surface area (Å²) in [7, 11) is 0. The van der Waals surface area contributed by atoms with Crippen LogP contribution in [0.15, 0.2) is 42.5 Å². The van der Waals surface area contributed by atoms with Crippen molar-refractivity contribution in [1.82, 2.24) is 9.80 Å². The summed E-state index contributed by atoms with van der Waals surface area (Å²) in [6, 6.07) is 10.6. The molecule has 2 saturated heterocycles. The number of imide groups is 1. The minimum atomic E-state index is -0.411. The molecule has 0 N–H and O–H groups in total. The summed E-state index contributed by atoms with van der Waals surface area (Å²) in [5.41, 5.74) is 1.93. The molecule has 3 aliphatic heterocycles. The van der Waals surface area contributed by atoms with Crippen LogP contribution in [-0.2, 0) is 9.53 Å². The number of Topliss-reactive ketones (excluding diaryl/α,β-unsaturated/α-hetero) is 1. The topological polar surface area (TPSA) is 87.2 Å². The Labute approximate surface area is 208 Å². The fraction of sp³-hybridized carbons (Fsp3) is 0.407. The number of ketones is 1. The van der Waals surface area contributed by atoms with Crippen LogP contribution in [-0.4, -0.2) is 78.7 Å². The maximum Gasteiger partial charge on any atom is 0.263 e. The fourth-order valence-electron chi connectivity index (χ4n) is 5.09. The highest BCUT2D eigenvalue weighted by Gasteiger charge is 2.40. The smallest absolute Gasteiger partial charge is 0.263 e. The zero-order chi connectivity index (χ0) is 25.2. The van der Waals surface area contributed by atoms with E-state index in [1.165, 1.54) is 29.2 Å². The second kappa shape index (κ2) is 10.2. The van der Waals surface area contributed by atoms with Crippen LogP contribution < -0.4 is 4.90 Å². The highest BCUT2D eigenvalue weighted by molar-refractivity contribution is 6.23. The minimum absolute atomic E-state index is 0.0635. The second-order valence-electron chi connectivity index (χ2n) is 9.35. The average Bonchev–Trinajstić information content (AvgIpc) is 3.50. The van der Waals surface area contributed by atoms with Gasteiger partial charge in [0.1, 0.15) is 5.82 Å². The zero-order valence-corrected chi connectivity index (χ0v) is 20.0. The molecule has 188 valence electrons. The van der Waals surface area contributed by atoms with E-state index in [-0.39, 0.29) is 49.0 Å². The summed E-state index contributed by atoms with van der Waals surface area (Å²) in [5.74, 6) is -1.30. The third-order valence-corrected chi connectivity index (χ3v) is 7.09. The Kier molecular flexibility index (Phi) is 6.82. The van der Waals surface area contributed by atoms with Crippen LogP contribution in [0.4, 0.5) is 10.1 Å². The molecule has 2 fully saturated rings. The van der Waals surface area contributed by atoms with Gasteiger partial charge in [-0.05, 0) is 49.2 Å². The van der Waals surface area contributed by atoms with Crippen molar-refractivity contribution in [1.29, 1.82) is 0 Å². The second-order valence-corrected chi connectivity index (χ2v) is 9.35. The molecule has 3 heterocycles. The monoisotopic (exact) mass is 493 g/mol. The standard InChI is InChI=1S/C27H28FN3O5/c28-19-8-6-18(7-9-19)23(32)10-11-24(33)30-14-12-29(13-15-30)22-5-1-4-21-25(22)27(35)31(26(21)34)17-20-3-2-16-36-20/h1,4-9,20H,2-3,10-17H2. The predicted molar refractivity (Wildman–Crippen MR) is 130 cm³/mol. The first-order chi connectivity index (χ1) is 17.4. The van der Waals surface area contributed by atoms with E-state index in [1.54, 1.807) is 17.0 Å². The quantitative estimate of drug-likeness (QED) is 0.436. The van der Waals surface area contributed by atoms with Crippen molar-refractivity contribution in [3.8, 4) is 0 Å². The molecule has 1 atom stereocenters. The first-order valence-corrected chi connectivity index (χ1v) is 12.3. The Bertz CT molecular complexity index is 1180. The molecular formula is C27H28FN3O5. The Hall–Kier alpha value is -3.59.